The summed E-state index contributed by atoms with van der Waals surface area (Å²) in [5, 5.41) is 59.0. The Bertz CT molecular complexity index is 785. The van der Waals surface area contributed by atoms with Crippen LogP contribution in [0.15, 0.2) is 12.2 Å². The fourth-order valence-corrected chi connectivity index (χ4v) is 5.90. The Labute approximate surface area is 236 Å². The minimum Gasteiger partial charge on any atom is -0.392 e. The van der Waals surface area contributed by atoms with Gasteiger partial charge >= 0.3 is 6.03 Å². The molecule has 9 heteroatoms. The van der Waals surface area contributed by atoms with E-state index in [4.69, 9.17) is 4.74 Å². The van der Waals surface area contributed by atoms with Crippen LogP contribution in [0.5, 0.6) is 0 Å². The van der Waals surface area contributed by atoms with E-state index < -0.39 is 59.7 Å². The van der Waals surface area contributed by atoms with Gasteiger partial charge in [-0.1, -0.05) is 67.5 Å². The van der Waals surface area contributed by atoms with E-state index in [2.05, 4.69) is 52.2 Å². The number of allylic oxidation sites excluding steroid dienone is 1. The standard InChI is InChI=1S/C30H58N2O7/c1-27(2,3)17-29(7,8)23(35)15-21(34)19(31-26(38)32-30(9,10)18-28(4,5)6)16-39-22-14-12-11-13-20(33)24(36)25(22)37/h12,14,19-25,33-37H,11,13,15-18H2,1-10H3,(H2,31,32,38). The lowest BCUT2D eigenvalue weighted by molar-refractivity contribution is -0.118. The number of ether oxygens (including phenoxy) is 1. The van der Waals surface area contributed by atoms with Crippen LogP contribution in [0.3, 0.4) is 0 Å². The van der Waals surface area contributed by atoms with Gasteiger partial charge in [0, 0.05) is 12.0 Å². The van der Waals surface area contributed by atoms with Crippen LogP contribution in [-0.4, -0.2) is 86.4 Å². The lowest BCUT2D eigenvalue weighted by Crippen LogP contribution is -2.57. The normalized spacial score (nSPS) is 25.8. The number of carbonyl (C=O) groups is 1. The summed E-state index contributed by atoms with van der Waals surface area (Å²) < 4.78 is 5.90. The van der Waals surface area contributed by atoms with Crippen LogP contribution in [0.1, 0.15) is 101 Å². The van der Waals surface area contributed by atoms with Crippen LogP contribution in [0.2, 0.25) is 0 Å². The number of aliphatic hydroxyl groups excluding tert-OH is 5. The maximum absolute atomic E-state index is 13.1. The molecule has 7 N–H and O–H groups in total. The quantitative estimate of drug-likeness (QED) is 0.192. The minimum atomic E-state index is -1.39. The summed E-state index contributed by atoms with van der Waals surface area (Å²) in [5.74, 6) is 0. The predicted octanol–water partition coefficient (Wildman–Crippen LogP) is 3.26. The zero-order valence-electron chi connectivity index (χ0n) is 26.0. The van der Waals surface area contributed by atoms with Crippen molar-refractivity contribution in [2.45, 2.75) is 150 Å². The SMILES string of the molecule is CC(C)(C)CC(C)(C)NC(=O)NC(COC1C=CCCC(O)C(O)C1O)C(O)CC(O)C(C)(C)CC(C)(C)C. The molecule has 0 aliphatic heterocycles. The van der Waals surface area contributed by atoms with Gasteiger partial charge in [-0.15, -0.1) is 0 Å². The molecule has 1 rings (SSSR count). The van der Waals surface area contributed by atoms with Crippen molar-refractivity contribution in [3.05, 3.63) is 12.2 Å². The first-order valence-electron chi connectivity index (χ1n) is 14.3. The lowest BCUT2D eigenvalue weighted by Gasteiger charge is -2.38. The van der Waals surface area contributed by atoms with Crippen LogP contribution in [0.25, 0.3) is 0 Å². The van der Waals surface area contributed by atoms with Crippen molar-refractivity contribution in [1.29, 1.82) is 0 Å². The van der Waals surface area contributed by atoms with Crippen LogP contribution in [0, 0.1) is 16.2 Å². The molecule has 39 heavy (non-hydrogen) atoms. The van der Waals surface area contributed by atoms with E-state index in [0.717, 1.165) is 12.8 Å². The van der Waals surface area contributed by atoms with Gasteiger partial charge in [-0.25, -0.2) is 4.79 Å². The first-order chi connectivity index (χ1) is 17.5. The maximum Gasteiger partial charge on any atom is 0.315 e. The number of nitrogens with one attached hydrogen (secondary N) is 2. The van der Waals surface area contributed by atoms with Crippen molar-refractivity contribution in [1.82, 2.24) is 10.6 Å². The third-order valence-electron chi connectivity index (χ3n) is 7.06. The molecule has 0 bridgehead atoms. The summed E-state index contributed by atoms with van der Waals surface area (Å²) in [6, 6.07) is -1.40. The molecule has 0 aromatic heterocycles. The molecule has 1 aliphatic carbocycles. The van der Waals surface area contributed by atoms with Gasteiger partial charge in [0.05, 0.1) is 31.0 Å². The Balaban J connectivity index is 3.08. The molecule has 0 saturated heterocycles. The van der Waals surface area contributed by atoms with Gasteiger partial charge in [-0.05, 0) is 55.8 Å². The Kier molecular flexibility index (Phi) is 12.9. The molecule has 1 aliphatic rings. The molecule has 2 amide bonds. The number of hydrogen-bond donors (Lipinski definition) is 7. The molecule has 0 aromatic carbocycles. The van der Waals surface area contributed by atoms with Gasteiger partial charge < -0.3 is 40.9 Å². The largest absolute Gasteiger partial charge is 0.392 e. The molecule has 230 valence electrons. The molecule has 0 aromatic rings. The van der Waals surface area contributed by atoms with E-state index in [-0.39, 0.29) is 23.9 Å². The third-order valence-corrected chi connectivity index (χ3v) is 7.06. The second-order valence-electron chi connectivity index (χ2n) is 15.2. The topological polar surface area (TPSA) is 152 Å². The van der Waals surface area contributed by atoms with Crippen LogP contribution in [0.4, 0.5) is 4.79 Å². The molecule has 9 nitrogen and oxygen atoms in total. The van der Waals surface area contributed by atoms with Gasteiger partial charge in [0.2, 0.25) is 0 Å². The molecule has 0 spiro atoms. The third kappa shape index (κ3) is 13.3. The molecular weight excluding hydrogens is 500 g/mol. The molecule has 7 atom stereocenters. The van der Waals surface area contributed by atoms with Crippen molar-refractivity contribution >= 4 is 6.03 Å². The van der Waals surface area contributed by atoms with Crippen LogP contribution in [-0.2, 0) is 4.74 Å². The highest BCUT2D eigenvalue weighted by Gasteiger charge is 2.37. The summed E-state index contributed by atoms with van der Waals surface area (Å²) in [4.78, 5) is 13.1. The summed E-state index contributed by atoms with van der Waals surface area (Å²) in [7, 11) is 0. The number of amides is 2. The summed E-state index contributed by atoms with van der Waals surface area (Å²) in [6.45, 7) is 20.2. The van der Waals surface area contributed by atoms with Crippen molar-refractivity contribution in [2.75, 3.05) is 6.61 Å². The van der Waals surface area contributed by atoms with Gasteiger partial charge in [0.15, 0.2) is 0 Å². The van der Waals surface area contributed by atoms with Gasteiger partial charge in [0.25, 0.3) is 0 Å². The molecule has 0 saturated carbocycles. The number of carbonyl (C=O) groups excluding carboxylic acids is 1. The Morgan fingerprint density at radius 3 is 2.03 bits per heavy atom. The van der Waals surface area contributed by atoms with E-state index in [1.54, 1.807) is 12.2 Å². The number of aliphatic hydroxyl groups is 5. The number of hydrogen-bond acceptors (Lipinski definition) is 7. The fourth-order valence-electron chi connectivity index (χ4n) is 5.90. The first-order valence-corrected chi connectivity index (χ1v) is 14.3. The Morgan fingerprint density at radius 1 is 0.923 bits per heavy atom. The van der Waals surface area contributed by atoms with Crippen molar-refractivity contribution < 1.29 is 35.1 Å². The number of rotatable bonds is 11. The van der Waals surface area contributed by atoms with Gasteiger partial charge in [-0.3, -0.25) is 0 Å². The van der Waals surface area contributed by atoms with Crippen LogP contribution < -0.4 is 10.6 Å². The zero-order chi connectivity index (χ0) is 30.4. The van der Waals surface area contributed by atoms with Crippen molar-refractivity contribution in [3.63, 3.8) is 0 Å². The van der Waals surface area contributed by atoms with Gasteiger partial charge in [-0.2, -0.15) is 0 Å². The molecule has 0 fully saturated rings. The van der Waals surface area contributed by atoms with E-state index >= 15 is 0 Å². The first kappa shape index (κ1) is 35.8. The highest BCUT2D eigenvalue weighted by atomic mass is 16.5. The maximum atomic E-state index is 13.1. The lowest BCUT2D eigenvalue weighted by atomic mass is 9.71. The van der Waals surface area contributed by atoms with E-state index in [9.17, 15) is 30.3 Å². The fraction of sp³-hybridized carbons (Fsp3) is 0.900. The Hall–Kier alpha value is -1.23. The predicted molar refractivity (Wildman–Crippen MR) is 154 cm³/mol. The van der Waals surface area contributed by atoms with E-state index in [0.29, 0.717) is 12.8 Å². The minimum absolute atomic E-state index is 0.00711. The summed E-state index contributed by atoms with van der Waals surface area (Å²) in [5.41, 5.74) is -1.06. The van der Waals surface area contributed by atoms with Gasteiger partial charge in [0.1, 0.15) is 18.3 Å². The zero-order valence-corrected chi connectivity index (χ0v) is 26.0. The van der Waals surface area contributed by atoms with Crippen molar-refractivity contribution in [2.24, 2.45) is 16.2 Å². The molecule has 0 radical (unpaired) electrons. The Morgan fingerprint density at radius 2 is 1.49 bits per heavy atom. The number of urea groups is 1. The molecule has 0 heterocycles. The second-order valence-corrected chi connectivity index (χ2v) is 15.2. The van der Waals surface area contributed by atoms with Crippen LogP contribution >= 0.6 is 0 Å². The molecule has 7 unspecified atom stereocenters. The van der Waals surface area contributed by atoms with E-state index in [1.165, 1.54) is 0 Å². The van der Waals surface area contributed by atoms with E-state index in [1.807, 2.05) is 27.7 Å². The second kappa shape index (κ2) is 14.1. The monoisotopic (exact) mass is 558 g/mol. The summed E-state index contributed by atoms with van der Waals surface area (Å²) in [6.07, 6.45) is -1.15. The smallest absolute Gasteiger partial charge is 0.315 e. The average Bonchev–Trinajstić information content (AvgIpc) is 2.71. The highest BCUT2D eigenvalue weighted by Crippen LogP contribution is 2.37. The average molecular weight is 559 g/mol. The highest BCUT2D eigenvalue weighted by molar-refractivity contribution is 5.75. The van der Waals surface area contributed by atoms with Crippen molar-refractivity contribution in [3.8, 4) is 0 Å². The summed E-state index contributed by atoms with van der Waals surface area (Å²) >= 11 is 0. The molecular formula is C30H58N2O7.